The van der Waals surface area contributed by atoms with Crippen LogP contribution in [0.5, 0.6) is 0 Å². The number of carbonyl (C=O) groups is 1. The van der Waals surface area contributed by atoms with E-state index in [1.807, 2.05) is 6.92 Å². The van der Waals surface area contributed by atoms with Gasteiger partial charge in [-0.25, -0.2) is 0 Å². The molecule has 33 heteroatoms. The molecule has 0 aromatic heterocycles. The summed E-state index contributed by atoms with van der Waals surface area (Å²) in [5, 5.41) is 213. The second-order valence-corrected chi connectivity index (χ2v) is 29.4. The van der Waals surface area contributed by atoms with Crippen molar-refractivity contribution in [2.45, 2.75) is 289 Å². The zero-order valence-corrected chi connectivity index (χ0v) is 55.1. The van der Waals surface area contributed by atoms with Gasteiger partial charge < -0.3 is 159 Å². The number of hydrogen-bond acceptors (Lipinski definition) is 33. The molecule has 0 bridgehead atoms. The molecule has 40 atom stereocenters. The Kier molecular flexibility index (Phi) is 25.7. The van der Waals surface area contributed by atoms with Gasteiger partial charge in [0.25, 0.3) is 0 Å². The minimum absolute atomic E-state index is 0.0509. The molecular weight excluding hydrogens is 1300 g/mol. The molecule has 0 aromatic carbocycles. The second-order valence-electron chi connectivity index (χ2n) is 29.4. The van der Waals surface area contributed by atoms with Crippen molar-refractivity contribution >= 4 is 5.97 Å². The van der Waals surface area contributed by atoms with E-state index in [1.165, 1.54) is 5.57 Å². The second kappa shape index (κ2) is 32.1. The van der Waals surface area contributed by atoms with Crippen molar-refractivity contribution in [3.8, 4) is 0 Å². The Hall–Kier alpha value is -2.03. The summed E-state index contributed by atoms with van der Waals surface area (Å²) in [6.45, 7) is 5.64. The SMILES string of the molecule is C[C@H](CC[C@@H](C)[C@H]1CC[C@H]2[C@@H]3CC=C4C[C@@H](O[C@@H]5O[C@H](CO)[C@@H](O)[C@H](O)[C@H]5O)CC[C@]4(C)[C@H]3CC[C@]12C)[C@H](C)C(=O)O[C@@H]1O[C@H](CO[C@@H]2O[C@H](CO)[C@@H](O[C@@H]3O[C@H](CO)[C@@H](O)[C@H](O)[C@H]3O)[C@H](O)[C@H]2O)[C@@H](O)[C@H](O)[C@H]1O[C@@H]1O[C@H](CO)[C@@H](O[C@@H]2O[C@H](CO)[C@@H](O)[C@H](O)[C@H]2O)[C@H](O)[C@H]1O. The van der Waals surface area contributed by atoms with E-state index in [4.69, 9.17) is 56.8 Å². The Labute approximate surface area is 560 Å². The average Bonchev–Trinajstić information content (AvgIpc) is 1.68. The van der Waals surface area contributed by atoms with Crippen molar-refractivity contribution in [1.29, 1.82) is 0 Å². The molecule has 9 fully saturated rings. The summed E-state index contributed by atoms with van der Waals surface area (Å²) < 4.78 is 69.6. The van der Waals surface area contributed by atoms with Gasteiger partial charge in [-0.05, 0) is 104 Å². The third-order valence-corrected chi connectivity index (χ3v) is 23.8. The molecule has 20 N–H and O–H groups in total. The predicted molar refractivity (Wildman–Crippen MR) is 321 cm³/mol. The first-order valence-electron chi connectivity index (χ1n) is 34.3. The molecule has 560 valence electrons. The van der Waals surface area contributed by atoms with Gasteiger partial charge in [-0.2, -0.15) is 0 Å². The fourth-order valence-electron chi connectivity index (χ4n) is 17.5. The van der Waals surface area contributed by atoms with Crippen LogP contribution in [0.15, 0.2) is 11.6 Å². The van der Waals surface area contributed by atoms with E-state index in [9.17, 15) is 107 Å². The maximum absolute atomic E-state index is 14.5. The van der Waals surface area contributed by atoms with Crippen LogP contribution < -0.4 is 0 Å². The zero-order chi connectivity index (χ0) is 70.6. The van der Waals surface area contributed by atoms with Crippen LogP contribution in [0.3, 0.4) is 0 Å². The first-order valence-corrected chi connectivity index (χ1v) is 34.3. The quantitative estimate of drug-likeness (QED) is 0.0334. The van der Waals surface area contributed by atoms with Gasteiger partial charge in [0.1, 0.15) is 140 Å². The van der Waals surface area contributed by atoms with Gasteiger partial charge in [0.2, 0.25) is 6.29 Å². The largest absolute Gasteiger partial charge is 0.432 e. The number of aliphatic hydroxyl groups is 20. The van der Waals surface area contributed by atoms with Crippen molar-refractivity contribution in [1.82, 2.24) is 0 Å². The van der Waals surface area contributed by atoms with Crippen molar-refractivity contribution < 1.29 is 164 Å². The summed E-state index contributed by atoms with van der Waals surface area (Å²) >= 11 is 0. The van der Waals surface area contributed by atoms with Crippen LogP contribution in [0.4, 0.5) is 0 Å². The van der Waals surface area contributed by atoms with Crippen LogP contribution in [0, 0.1) is 52.3 Å². The van der Waals surface area contributed by atoms with Crippen LogP contribution >= 0.6 is 0 Å². The van der Waals surface area contributed by atoms with Gasteiger partial charge in [-0.1, -0.05) is 52.7 Å². The molecule has 6 heterocycles. The van der Waals surface area contributed by atoms with Crippen molar-refractivity contribution in [3.05, 3.63) is 11.6 Å². The summed E-state index contributed by atoms with van der Waals surface area (Å²) in [6, 6.07) is 0. The number of ether oxygens (including phenoxy) is 12. The number of fused-ring (bicyclic) bond motifs is 5. The van der Waals surface area contributed by atoms with Gasteiger partial charge in [0.05, 0.1) is 51.7 Å². The van der Waals surface area contributed by atoms with Crippen molar-refractivity contribution in [3.63, 3.8) is 0 Å². The lowest BCUT2D eigenvalue weighted by molar-refractivity contribution is -0.385. The lowest BCUT2D eigenvalue weighted by Crippen LogP contribution is -2.67. The summed E-state index contributed by atoms with van der Waals surface area (Å²) in [5.74, 6) is -0.0281. The minimum atomic E-state index is -2.17. The summed E-state index contributed by atoms with van der Waals surface area (Å²) in [6.07, 6.45) is -42.7. The molecule has 4 aliphatic carbocycles. The maximum Gasteiger partial charge on any atom is 0.311 e. The van der Waals surface area contributed by atoms with Crippen LogP contribution in [-0.2, 0) is 61.6 Å². The number of hydrogen-bond donors (Lipinski definition) is 20. The van der Waals surface area contributed by atoms with Gasteiger partial charge in [-0.15, -0.1) is 0 Å². The van der Waals surface area contributed by atoms with E-state index in [1.54, 1.807) is 6.92 Å². The van der Waals surface area contributed by atoms with Crippen LogP contribution in [0.25, 0.3) is 0 Å². The summed E-state index contributed by atoms with van der Waals surface area (Å²) in [7, 11) is 0. The summed E-state index contributed by atoms with van der Waals surface area (Å²) in [4.78, 5) is 14.5. The lowest BCUT2D eigenvalue weighted by Gasteiger charge is -2.58. The smallest absolute Gasteiger partial charge is 0.311 e. The monoisotopic (exact) mass is 1400 g/mol. The lowest BCUT2D eigenvalue weighted by atomic mass is 9.47. The Morgan fingerprint density at radius 1 is 0.464 bits per heavy atom. The molecule has 10 aliphatic rings. The highest BCUT2D eigenvalue weighted by molar-refractivity contribution is 5.72. The van der Waals surface area contributed by atoms with Gasteiger partial charge in [0, 0.05) is 0 Å². The molecular formula is C64H106O33. The van der Waals surface area contributed by atoms with Gasteiger partial charge in [-0.3, -0.25) is 4.79 Å². The fraction of sp³-hybridized carbons (Fsp3) is 0.953. The van der Waals surface area contributed by atoms with Crippen LogP contribution in [0.2, 0.25) is 0 Å². The molecule has 0 aromatic rings. The van der Waals surface area contributed by atoms with E-state index in [2.05, 4.69) is 26.8 Å². The first-order chi connectivity index (χ1) is 46.0. The molecule has 3 saturated carbocycles. The van der Waals surface area contributed by atoms with Gasteiger partial charge >= 0.3 is 5.97 Å². The van der Waals surface area contributed by atoms with E-state index >= 15 is 0 Å². The van der Waals surface area contributed by atoms with Crippen molar-refractivity contribution in [2.75, 3.05) is 39.6 Å². The average molecular weight is 1400 g/mol. The highest BCUT2D eigenvalue weighted by Gasteiger charge is 2.61. The predicted octanol–water partition coefficient (Wildman–Crippen LogP) is -6.92. The van der Waals surface area contributed by atoms with E-state index in [0.717, 1.165) is 44.9 Å². The Morgan fingerprint density at radius 3 is 1.41 bits per heavy atom. The molecule has 10 rings (SSSR count). The Balaban J connectivity index is 0.789. The van der Waals surface area contributed by atoms with E-state index in [-0.39, 0.29) is 28.8 Å². The van der Waals surface area contributed by atoms with Gasteiger partial charge in [0.15, 0.2) is 37.6 Å². The molecule has 6 saturated heterocycles. The van der Waals surface area contributed by atoms with Crippen LogP contribution in [0.1, 0.15) is 98.8 Å². The van der Waals surface area contributed by atoms with Crippen molar-refractivity contribution in [2.24, 2.45) is 52.3 Å². The number of esters is 1. The summed E-state index contributed by atoms with van der Waals surface area (Å²) in [5.41, 5.74) is 1.32. The Bertz CT molecular complexity index is 2550. The molecule has 0 radical (unpaired) electrons. The molecule has 6 aliphatic heterocycles. The maximum atomic E-state index is 14.5. The molecule has 0 unspecified atom stereocenters. The molecule has 33 nitrogen and oxygen atoms in total. The number of aliphatic hydroxyl groups excluding tert-OH is 20. The highest BCUT2D eigenvalue weighted by atomic mass is 16.8. The highest BCUT2D eigenvalue weighted by Crippen LogP contribution is 2.67. The fourth-order valence-corrected chi connectivity index (χ4v) is 17.5. The normalized spacial score (nSPS) is 51.3. The molecule has 0 amide bonds. The molecule has 97 heavy (non-hydrogen) atoms. The third-order valence-electron chi connectivity index (χ3n) is 23.8. The van der Waals surface area contributed by atoms with E-state index in [0.29, 0.717) is 42.9 Å². The number of rotatable bonds is 23. The van der Waals surface area contributed by atoms with Crippen LogP contribution in [-0.4, -0.2) is 338 Å². The Morgan fingerprint density at radius 2 is 0.897 bits per heavy atom. The van der Waals surface area contributed by atoms with E-state index < -0.39 is 236 Å². The zero-order valence-electron chi connectivity index (χ0n) is 55.1. The molecule has 0 spiro atoms. The number of allylic oxidation sites excluding steroid dienone is 1. The topological polar surface area (TPSA) is 532 Å². The number of carbonyl (C=O) groups excluding carboxylic acids is 1. The minimum Gasteiger partial charge on any atom is -0.432 e. The standard InChI is InChI=1S/C64H106O33/c1-23(6-7-24(2)29-10-11-30-28-9-8-26-16-27(12-14-63(26,4)31(28)13-15-64(29,30)5)87-58-48(80)42(74)38(70)32(17-65)88-58)25(3)56(85)97-62-55(96-61-52(84)47(79)54(36(21-69)92-61)95-60-50(82)44(76)40(72)34(19-67)90-60)45(77)41(73)37(93-62)22-86-57-51(83)46(78)53(35(20-68)91-57)94-59-49(81)43(75)39(71)33(18-66)89-59/h8,23-25,27-55,57-62,65-84H,6-7,9-22H2,1-5H3/t23-,24-,25+,27+,28+,29-,30+,31+,32-,33-,34-,35-,36-,37-,38-,39-,40-,41-,42+,43+,44+,45+,46-,47-,48-,49-,50-,51-,52-,53-,54-,55-,57-,58-,59+,60+,61+,62+,63+,64-/m1/s1. The third kappa shape index (κ3) is 15.3. The first kappa shape index (κ1) is 77.6.